The van der Waals surface area contributed by atoms with Crippen molar-refractivity contribution in [2.45, 2.75) is 0 Å². The first-order valence-electron chi connectivity index (χ1n) is 8.19. The Morgan fingerprint density at radius 3 is 2.45 bits per heavy atom. The zero-order valence-corrected chi connectivity index (χ0v) is 18.2. The van der Waals surface area contributed by atoms with E-state index in [9.17, 15) is 4.79 Å². The van der Waals surface area contributed by atoms with Gasteiger partial charge in [0.05, 0.1) is 31.2 Å². The molecule has 1 N–H and O–H groups in total. The van der Waals surface area contributed by atoms with E-state index in [0.29, 0.717) is 52.9 Å². The molecule has 3 aromatic rings. The maximum absolute atomic E-state index is 12.3. The number of thioether (sulfide) groups is 1. The molecule has 0 radical (unpaired) electrons. The number of nitrogens with one attached hydrogen (secondary N) is 1. The Labute approximate surface area is 190 Å². The van der Waals surface area contributed by atoms with Gasteiger partial charge in [-0.25, -0.2) is 4.99 Å². The lowest BCUT2D eigenvalue weighted by Gasteiger charge is -2.02. The number of rotatable bonds is 3. The predicted octanol–water partition coefficient (Wildman–Crippen LogP) is 7.45. The van der Waals surface area contributed by atoms with Gasteiger partial charge in [0.1, 0.15) is 11.5 Å². The van der Waals surface area contributed by atoms with Crippen molar-refractivity contribution in [1.82, 2.24) is 5.32 Å². The second-order valence-electron chi connectivity index (χ2n) is 5.88. The summed E-state index contributed by atoms with van der Waals surface area (Å²) < 4.78 is 5.81. The molecule has 9 heteroatoms. The molecular weight excluding hydrogens is 474 g/mol. The van der Waals surface area contributed by atoms with E-state index in [1.807, 2.05) is 0 Å². The van der Waals surface area contributed by atoms with Gasteiger partial charge in [0.15, 0.2) is 5.17 Å². The lowest BCUT2D eigenvalue weighted by molar-refractivity contribution is -0.115. The van der Waals surface area contributed by atoms with Crippen molar-refractivity contribution in [2.75, 3.05) is 0 Å². The molecule has 1 amide bonds. The summed E-state index contributed by atoms with van der Waals surface area (Å²) in [5, 5.41) is 4.97. The standard InChI is InChI=1S/C20H10Cl4N2O2S/c21-10-4-6-15(14(24)8-10)25-20-26-19(27)17(29-20)9-11-5-7-16(28-11)18-12(22)2-1-3-13(18)23/h1-9H,(H,25,26,27)/b17-9+. The van der Waals surface area contributed by atoms with E-state index in [1.165, 1.54) is 11.8 Å². The summed E-state index contributed by atoms with van der Waals surface area (Å²) in [6, 6.07) is 13.6. The van der Waals surface area contributed by atoms with Crippen LogP contribution in [0.15, 0.2) is 62.8 Å². The van der Waals surface area contributed by atoms with Crippen LogP contribution < -0.4 is 5.32 Å². The maximum atomic E-state index is 12.3. The van der Waals surface area contributed by atoms with Gasteiger partial charge in [-0.05, 0) is 54.2 Å². The average molecular weight is 484 g/mol. The summed E-state index contributed by atoms with van der Waals surface area (Å²) in [5.74, 6) is 0.713. The first-order valence-corrected chi connectivity index (χ1v) is 10.5. The number of carbonyl (C=O) groups is 1. The third-order valence-electron chi connectivity index (χ3n) is 3.89. The van der Waals surface area contributed by atoms with Gasteiger partial charge >= 0.3 is 0 Å². The summed E-state index contributed by atoms with van der Waals surface area (Å²) in [6.45, 7) is 0. The van der Waals surface area contributed by atoms with Gasteiger partial charge in [-0.1, -0.05) is 52.5 Å². The van der Waals surface area contributed by atoms with Crippen LogP contribution in [0.2, 0.25) is 20.1 Å². The fourth-order valence-electron chi connectivity index (χ4n) is 2.59. The summed E-state index contributed by atoms with van der Waals surface area (Å²) >= 11 is 25.6. The number of hydrogen-bond donors (Lipinski definition) is 1. The van der Waals surface area contributed by atoms with Crippen LogP contribution >= 0.6 is 58.2 Å². The number of furan rings is 1. The topological polar surface area (TPSA) is 54.6 Å². The van der Waals surface area contributed by atoms with Crippen LogP contribution in [0.4, 0.5) is 5.69 Å². The normalized spacial score (nSPS) is 16.6. The van der Waals surface area contributed by atoms with E-state index >= 15 is 0 Å². The Morgan fingerprint density at radius 1 is 0.966 bits per heavy atom. The minimum Gasteiger partial charge on any atom is -0.457 e. The summed E-state index contributed by atoms with van der Waals surface area (Å²) in [7, 11) is 0. The summed E-state index contributed by atoms with van der Waals surface area (Å²) in [4.78, 5) is 17.1. The molecule has 1 aromatic heterocycles. The Balaban J connectivity index is 1.59. The van der Waals surface area contributed by atoms with Gasteiger partial charge in [0.2, 0.25) is 0 Å². The second kappa shape index (κ2) is 8.46. The first-order chi connectivity index (χ1) is 13.9. The zero-order chi connectivity index (χ0) is 20.5. The highest BCUT2D eigenvalue weighted by Crippen LogP contribution is 2.37. The molecule has 0 bridgehead atoms. The van der Waals surface area contributed by atoms with Crippen LogP contribution in [0, 0.1) is 0 Å². The first kappa shape index (κ1) is 20.4. The molecule has 146 valence electrons. The van der Waals surface area contributed by atoms with Gasteiger partial charge in [-0.2, -0.15) is 0 Å². The lowest BCUT2D eigenvalue weighted by Crippen LogP contribution is -2.19. The van der Waals surface area contributed by atoms with Crippen molar-refractivity contribution >= 4 is 81.0 Å². The molecule has 0 spiro atoms. The van der Waals surface area contributed by atoms with Crippen LogP contribution in [0.3, 0.4) is 0 Å². The number of amidine groups is 1. The van der Waals surface area contributed by atoms with Crippen molar-refractivity contribution in [2.24, 2.45) is 4.99 Å². The molecule has 1 fully saturated rings. The van der Waals surface area contributed by atoms with E-state index in [0.717, 1.165) is 0 Å². The van der Waals surface area contributed by atoms with Gasteiger partial charge in [0.25, 0.3) is 5.91 Å². The highest BCUT2D eigenvalue weighted by Gasteiger charge is 2.25. The Kier molecular flexibility index (Phi) is 5.95. The molecule has 1 saturated heterocycles. The third kappa shape index (κ3) is 4.49. The van der Waals surface area contributed by atoms with Crippen molar-refractivity contribution in [3.8, 4) is 11.3 Å². The van der Waals surface area contributed by atoms with Crippen molar-refractivity contribution in [3.05, 3.63) is 79.3 Å². The highest BCUT2D eigenvalue weighted by molar-refractivity contribution is 8.18. The maximum Gasteiger partial charge on any atom is 0.264 e. The Bertz CT molecular complexity index is 1170. The molecule has 0 atom stereocenters. The molecule has 0 aliphatic carbocycles. The predicted molar refractivity (Wildman–Crippen MR) is 121 cm³/mol. The molecule has 0 saturated carbocycles. The number of carbonyl (C=O) groups excluding carboxylic acids is 1. The van der Waals surface area contributed by atoms with E-state index in [2.05, 4.69) is 10.3 Å². The van der Waals surface area contributed by atoms with Crippen LogP contribution in [-0.2, 0) is 4.79 Å². The van der Waals surface area contributed by atoms with Crippen LogP contribution in [0.1, 0.15) is 5.76 Å². The molecule has 4 nitrogen and oxygen atoms in total. The molecule has 1 aliphatic rings. The van der Waals surface area contributed by atoms with Gasteiger partial charge in [0, 0.05) is 11.1 Å². The van der Waals surface area contributed by atoms with Crippen molar-refractivity contribution in [1.29, 1.82) is 0 Å². The largest absolute Gasteiger partial charge is 0.457 e. The molecule has 29 heavy (non-hydrogen) atoms. The molecule has 0 unspecified atom stereocenters. The summed E-state index contributed by atoms with van der Waals surface area (Å²) in [6.07, 6.45) is 1.63. The SMILES string of the molecule is O=C1NC(=Nc2ccc(Cl)cc2Cl)S/C1=C/c1ccc(-c2c(Cl)cccc2Cl)o1. The van der Waals surface area contributed by atoms with Crippen LogP contribution in [0.25, 0.3) is 17.4 Å². The number of amides is 1. The van der Waals surface area contributed by atoms with E-state index in [-0.39, 0.29) is 5.91 Å². The second-order valence-corrected chi connectivity index (χ2v) is 8.56. The van der Waals surface area contributed by atoms with Crippen molar-refractivity contribution < 1.29 is 9.21 Å². The van der Waals surface area contributed by atoms with Gasteiger partial charge in [-0.15, -0.1) is 0 Å². The quantitative estimate of drug-likeness (QED) is 0.393. The number of halogens is 4. The molecule has 2 heterocycles. The van der Waals surface area contributed by atoms with E-state index in [1.54, 1.807) is 54.6 Å². The van der Waals surface area contributed by atoms with E-state index < -0.39 is 0 Å². The summed E-state index contributed by atoms with van der Waals surface area (Å²) in [5.41, 5.74) is 1.11. The van der Waals surface area contributed by atoms with Gasteiger partial charge in [-0.3, -0.25) is 4.79 Å². The molecule has 2 aromatic carbocycles. The lowest BCUT2D eigenvalue weighted by atomic mass is 10.2. The minimum atomic E-state index is -0.285. The highest BCUT2D eigenvalue weighted by atomic mass is 35.5. The van der Waals surface area contributed by atoms with Gasteiger partial charge < -0.3 is 9.73 Å². The number of hydrogen-bond acceptors (Lipinski definition) is 4. The van der Waals surface area contributed by atoms with Crippen LogP contribution in [0.5, 0.6) is 0 Å². The average Bonchev–Trinajstić information content (AvgIpc) is 3.25. The van der Waals surface area contributed by atoms with Crippen LogP contribution in [-0.4, -0.2) is 11.1 Å². The monoisotopic (exact) mass is 482 g/mol. The van der Waals surface area contributed by atoms with Crippen molar-refractivity contribution in [3.63, 3.8) is 0 Å². The fourth-order valence-corrected chi connectivity index (χ4v) is 4.44. The number of aliphatic imine (C=N–C) groups is 1. The molecule has 1 aliphatic heterocycles. The minimum absolute atomic E-state index is 0.285. The molecule has 4 rings (SSSR count). The molecular formula is C20H10Cl4N2O2S. The Morgan fingerprint density at radius 2 is 1.72 bits per heavy atom. The number of benzene rings is 2. The Hall–Kier alpha value is -1.89. The third-order valence-corrected chi connectivity index (χ3v) is 5.97. The smallest absolute Gasteiger partial charge is 0.264 e. The van der Waals surface area contributed by atoms with E-state index in [4.69, 9.17) is 50.8 Å². The number of nitrogens with zero attached hydrogens (tertiary/aromatic N) is 1. The fraction of sp³-hybridized carbons (Fsp3) is 0. The zero-order valence-electron chi connectivity index (χ0n) is 14.4.